The zero-order chi connectivity index (χ0) is 18.6. The first-order valence-corrected chi connectivity index (χ1v) is 7.49. The first kappa shape index (κ1) is 18.1. The Morgan fingerprint density at radius 1 is 1.36 bits per heavy atom. The summed E-state index contributed by atoms with van der Waals surface area (Å²) in [5.74, 6) is -2.44. The highest BCUT2D eigenvalue weighted by atomic mass is 16.6. The van der Waals surface area contributed by atoms with Crippen molar-refractivity contribution in [1.29, 1.82) is 0 Å². The van der Waals surface area contributed by atoms with Gasteiger partial charge in [0.05, 0.1) is 10.8 Å². The zero-order valence-electron chi connectivity index (χ0n) is 13.7. The van der Waals surface area contributed by atoms with Crippen molar-refractivity contribution < 1.29 is 19.6 Å². The molecule has 0 aliphatic rings. The van der Waals surface area contributed by atoms with E-state index in [1.807, 2.05) is 0 Å². The van der Waals surface area contributed by atoms with Crippen molar-refractivity contribution >= 4 is 17.6 Å². The maximum atomic E-state index is 12.5. The molecule has 25 heavy (non-hydrogen) atoms. The Hall–Kier alpha value is -3.23. The molecule has 0 fully saturated rings. The monoisotopic (exact) mass is 346 g/mol. The van der Waals surface area contributed by atoms with E-state index in [0.29, 0.717) is 5.56 Å². The van der Waals surface area contributed by atoms with Gasteiger partial charge in [0.1, 0.15) is 17.9 Å². The van der Waals surface area contributed by atoms with E-state index in [1.54, 1.807) is 30.3 Å². The lowest BCUT2D eigenvalue weighted by molar-refractivity contribution is -0.385. The molecule has 2 N–H and O–H groups in total. The molecule has 1 amide bonds. The maximum absolute atomic E-state index is 12.5. The molecule has 1 aromatic heterocycles. The zero-order valence-corrected chi connectivity index (χ0v) is 13.7. The minimum absolute atomic E-state index is 0.106. The van der Waals surface area contributed by atoms with Crippen LogP contribution in [0.5, 0.6) is 0 Å². The molecule has 9 nitrogen and oxygen atoms in total. The second kappa shape index (κ2) is 7.12. The summed E-state index contributed by atoms with van der Waals surface area (Å²) in [6, 6.07) is 8.56. The summed E-state index contributed by atoms with van der Waals surface area (Å²) in [5.41, 5.74) is -0.870. The van der Waals surface area contributed by atoms with Crippen molar-refractivity contribution in [2.45, 2.75) is 25.3 Å². The molecule has 0 saturated carbocycles. The molecule has 9 heteroatoms. The first-order chi connectivity index (χ1) is 11.7. The number of carboxylic acids is 1. The Bertz CT molecular complexity index is 785. The Labute approximate surface area is 143 Å². The molecule has 132 valence electrons. The molecule has 2 rings (SSSR count). The van der Waals surface area contributed by atoms with Gasteiger partial charge in [-0.25, -0.2) is 0 Å². The summed E-state index contributed by atoms with van der Waals surface area (Å²) >= 11 is 0. The summed E-state index contributed by atoms with van der Waals surface area (Å²) in [6.07, 6.45) is 2.21. The number of rotatable bonds is 7. The molecule has 0 radical (unpaired) electrons. The van der Waals surface area contributed by atoms with E-state index >= 15 is 0 Å². The SMILES string of the molecule is CC(C)(C(=O)NCC(C(=O)O)c1ccccc1)n1cc([N+](=O)[O-])cn1. The van der Waals surface area contributed by atoms with Crippen molar-refractivity contribution in [3.8, 4) is 0 Å². The van der Waals surface area contributed by atoms with E-state index in [2.05, 4.69) is 10.4 Å². The fraction of sp³-hybridized carbons (Fsp3) is 0.312. The van der Waals surface area contributed by atoms with E-state index in [0.717, 1.165) is 12.4 Å². The van der Waals surface area contributed by atoms with Gasteiger partial charge in [-0.2, -0.15) is 5.10 Å². The Morgan fingerprint density at radius 3 is 2.52 bits per heavy atom. The van der Waals surface area contributed by atoms with Gasteiger partial charge in [0.15, 0.2) is 0 Å². The quantitative estimate of drug-likeness (QED) is 0.578. The van der Waals surface area contributed by atoms with Gasteiger partial charge in [0.2, 0.25) is 5.91 Å². The third-order valence-corrected chi connectivity index (χ3v) is 3.87. The molecule has 1 aromatic carbocycles. The maximum Gasteiger partial charge on any atom is 0.312 e. The predicted molar refractivity (Wildman–Crippen MR) is 88.0 cm³/mol. The Morgan fingerprint density at radius 2 is 2.00 bits per heavy atom. The van der Waals surface area contributed by atoms with Crippen molar-refractivity contribution in [1.82, 2.24) is 15.1 Å². The standard InChI is InChI=1S/C16H18N4O5/c1-16(2,19-10-12(8-18-19)20(24)25)15(23)17-9-13(14(21)22)11-6-4-3-5-7-11/h3-8,10,13H,9H2,1-2H3,(H,17,23)(H,21,22). The number of benzene rings is 1. The summed E-state index contributed by atoms with van der Waals surface area (Å²) in [7, 11) is 0. The number of amides is 1. The van der Waals surface area contributed by atoms with Crippen molar-refractivity contribution in [3.63, 3.8) is 0 Å². The lowest BCUT2D eigenvalue weighted by Gasteiger charge is -2.25. The fourth-order valence-corrected chi connectivity index (χ4v) is 2.26. The number of nitro groups is 1. The number of carbonyl (C=O) groups excluding carboxylic acids is 1. The minimum atomic E-state index is -1.21. The first-order valence-electron chi connectivity index (χ1n) is 7.49. The van der Waals surface area contributed by atoms with Gasteiger partial charge < -0.3 is 10.4 Å². The van der Waals surface area contributed by atoms with E-state index in [4.69, 9.17) is 0 Å². The van der Waals surface area contributed by atoms with E-state index in [-0.39, 0.29) is 12.2 Å². The van der Waals surface area contributed by atoms with E-state index < -0.39 is 28.3 Å². The van der Waals surface area contributed by atoms with Gasteiger partial charge in [-0.05, 0) is 19.4 Å². The number of aliphatic carboxylic acids is 1. The van der Waals surface area contributed by atoms with Crippen LogP contribution in [-0.2, 0) is 15.1 Å². The number of aromatic nitrogens is 2. The molecule has 0 spiro atoms. The third kappa shape index (κ3) is 4.00. The Balaban J connectivity index is 2.11. The van der Waals surface area contributed by atoms with Crippen LogP contribution in [0.15, 0.2) is 42.7 Å². The van der Waals surface area contributed by atoms with Gasteiger partial charge in [-0.3, -0.25) is 24.4 Å². The van der Waals surface area contributed by atoms with Crippen molar-refractivity contribution in [3.05, 3.63) is 58.4 Å². The second-order valence-electron chi connectivity index (χ2n) is 5.97. The van der Waals surface area contributed by atoms with Crippen LogP contribution < -0.4 is 5.32 Å². The highest BCUT2D eigenvalue weighted by Crippen LogP contribution is 2.20. The number of carboxylic acid groups (broad SMARTS) is 1. The average Bonchev–Trinajstić information content (AvgIpc) is 3.06. The lowest BCUT2D eigenvalue weighted by Crippen LogP contribution is -2.46. The number of carbonyl (C=O) groups is 2. The molecule has 2 aromatic rings. The topological polar surface area (TPSA) is 127 Å². The molecular formula is C16H18N4O5. The summed E-state index contributed by atoms with van der Waals surface area (Å²) < 4.78 is 1.18. The Kier molecular flexibility index (Phi) is 5.16. The van der Waals surface area contributed by atoms with Crippen LogP contribution in [0.1, 0.15) is 25.3 Å². The number of nitrogens with one attached hydrogen (secondary N) is 1. The van der Waals surface area contributed by atoms with Gasteiger partial charge in [-0.1, -0.05) is 30.3 Å². The normalized spacial score (nSPS) is 12.4. The van der Waals surface area contributed by atoms with Gasteiger partial charge in [-0.15, -0.1) is 0 Å². The van der Waals surface area contributed by atoms with E-state index in [1.165, 1.54) is 18.5 Å². The molecule has 0 bridgehead atoms. The molecule has 1 heterocycles. The minimum Gasteiger partial charge on any atom is -0.481 e. The van der Waals surface area contributed by atoms with Crippen LogP contribution in [0.4, 0.5) is 5.69 Å². The average molecular weight is 346 g/mol. The largest absolute Gasteiger partial charge is 0.481 e. The lowest BCUT2D eigenvalue weighted by atomic mass is 9.98. The number of nitrogens with zero attached hydrogens (tertiary/aromatic N) is 3. The fourth-order valence-electron chi connectivity index (χ4n) is 2.26. The molecule has 0 saturated heterocycles. The van der Waals surface area contributed by atoms with Crippen LogP contribution >= 0.6 is 0 Å². The highest BCUT2D eigenvalue weighted by molar-refractivity contribution is 5.84. The highest BCUT2D eigenvalue weighted by Gasteiger charge is 2.33. The summed E-state index contributed by atoms with van der Waals surface area (Å²) in [6.45, 7) is 2.97. The summed E-state index contributed by atoms with van der Waals surface area (Å²) in [5, 5.41) is 26.6. The summed E-state index contributed by atoms with van der Waals surface area (Å²) in [4.78, 5) is 34.1. The molecule has 0 aliphatic carbocycles. The third-order valence-electron chi connectivity index (χ3n) is 3.87. The van der Waals surface area contributed by atoms with Crippen LogP contribution in [0, 0.1) is 10.1 Å². The van der Waals surface area contributed by atoms with Gasteiger partial charge in [0.25, 0.3) is 0 Å². The number of hydrogen-bond donors (Lipinski definition) is 2. The molecule has 1 atom stereocenters. The molecule has 1 unspecified atom stereocenters. The van der Waals surface area contributed by atoms with Crippen LogP contribution in [0.25, 0.3) is 0 Å². The van der Waals surface area contributed by atoms with Crippen molar-refractivity contribution in [2.24, 2.45) is 0 Å². The van der Waals surface area contributed by atoms with Crippen molar-refractivity contribution in [2.75, 3.05) is 6.54 Å². The van der Waals surface area contributed by atoms with Gasteiger partial charge >= 0.3 is 11.7 Å². The van der Waals surface area contributed by atoms with Gasteiger partial charge in [0, 0.05) is 6.54 Å². The molecule has 0 aliphatic heterocycles. The molecular weight excluding hydrogens is 328 g/mol. The van der Waals surface area contributed by atoms with Crippen LogP contribution in [0.3, 0.4) is 0 Å². The van der Waals surface area contributed by atoms with Crippen LogP contribution in [-0.4, -0.2) is 38.2 Å². The van der Waals surface area contributed by atoms with Crippen LogP contribution in [0.2, 0.25) is 0 Å². The second-order valence-corrected chi connectivity index (χ2v) is 5.97. The van der Waals surface area contributed by atoms with E-state index in [9.17, 15) is 24.8 Å². The smallest absolute Gasteiger partial charge is 0.312 e. The predicted octanol–water partition coefficient (Wildman–Crippen LogP) is 1.51. The number of hydrogen-bond acceptors (Lipinski definition) is 5.